The van der Waals surface area contributed by atoms with Gasteiger partial charge in [-0.05, 0) is 30.9 Å². The molecule has 1 N–H and O–H groups in total. The number of nitrogens with zero attached hydrogens (tertiary/aromatic N) is 2. The molecule has 0 saturated heterocycles. The van der Waals surface area contributed by atoms with E-state index in [2.05, 4.69) is 10.3 Å². The molecule has 1 aromatic heterocycles. The summed E-state index contributed by atoms with van der Waals surface area (Å²) in [6, 6.07) is 5.14. The van der Waals surface area contributed by atoms with Gasteiger partial charge in [0.2, 0.25) is 0 Å². The van der Waals surface area contributed by atoms with Crippen molar-refractivity contribution in [1.82, 2.24) is 4.98 Å². The fourth-order valence-electron chi connectivity index (χ4n) is 2.06. The van der Waals surface area contributed by atoms with Crippen LogP contribution >= 0.6 is 0 Å². The average molecular weight is 243 g/mol. The highest BCUT2D eigenvalue weighted by molar-refractivity contribution is 5.99. The van der Waals surface area contributed by atoms with E-state index in [1.54, 1.807) is 24.5 Å². The highest BCUT2D eigenvalue weighted by atomic mass is 16.6. The van der Waals surface area contributed by atoms with Crippen LogP contribution in [-0.4, -0.2) is 16.5 Å². The Bertz CT molecular complexity index is 608. The standard InChI is InChI=1S/C13H13N3O2/c17-16(18)13-4-3-12(15-7-9-1-2-9)10-5-6-14-8-11(10)13/h3-6,8-9,15H,1-2,7H2. The molecule has 0 spiro atoms. The van der Waals surface area contributed by atoms with Crippen LogP contribution in [0.25, 0.3) is 10.8 Å². The third-order valence-corrected chi connectivity index (χ3v) is 3.27. The molecule has 1 aromatic carbocycles. The smallest absolute Gasteiger partial charge is 0.278 e. The van der Waals surface area contributed by atoms with E-state index in [4.69, 9.17) is 0 Å². The van der Waals surface area contributed by atoms with Gasteiger partial charge in [-0.3, -0.25) is 15.1 Å². The lowest BCUT2D eigenvalue weighted by molar-refractivity contribution is -0.383. The van der Waals surface area contributed by atoms with Crippen LogP contribution in [0.1, 0.15) is 12.8 Å². The van der Waals surface area contributed by atoms with Crippen molar-refractivity contribution in [2.45, 2.75) is 12.8 Å². The predicted molar refractivity (Wildman–Crippen MR) is 69.6 cm³/mol. The van der Waals surface area contributed by atoms with Gasteiger partial charge in [0.1, 0.15) is 0 Å². The molecule has 0 bridgehead atoms. The summed E-state index contributed by atoms with van der Waals surface area (Å²) in [6.45, 7) is 0.940. The number of rotatable bonds is 4. The van der Waals surface area contributed by atoms with Gasteiger partial charge < -0.3 is 5.32 Å². The summed E-state index contributed by atoms with van der Waals surface area (Å²) in [7, 11) is 0. The first-order valence-corrected chi connectivity index (χ1v) is 6.00. The number of hydrogen-bond acceptors (Lipinski definition) is 4. The number of fused-ring (bicyclic) bond motifs is 1. The van der Waals surface area contributed by atoms with Crippen molar-refractivity contribution in [1.29, 1.82) is 0 Å². The monoisotopic (exact) mass is 243 g/mol. The molecular formula is C13H13N3O2. The minimum absolute atomic E-state index is 0.107. The van der Waals surface area contributed by atoms with E-state index >= 15 is 0 Å². The van der Waals surface area contributed by atoms with Crippen molar-refractivity contribution in [2.24, 2.45) is 5.92 Å². The fraction of sp³-hybridized carbons (Fsp3) is 0.308. The van der Waals surface area contributed by atoms with Gasteiger partial charge in [-0.2, -0.15) is 0 Å². The number of hydrogen-bond donors (Lipinski definition) is 1. The molecule has 0 unspecified atom stereocenters. The maximum atomic E-state index is 11.0. The number of non-ortho nitro benzene ring substituents is 1. The Morgan fingerprint density at radius 3 is 2.89 bits per heavy atom. The number of anilines is 1. The van der Waals surface area contributed by atoms with Crippen molar-refractivity contribution in [3.63, 3.8) is 0 Å². The molecule has 5 heteroatoms. The van der Waals surface area contributed by atoms with Gasteiger partial charge in [0, 0.05) is 36.1 Å². The molecule has 5 nitrogen and oxygen atoms in total. The number of nitro benzene ring substituents is 1. The van der Waals surface area contributed by atoms with Gasteiger partial charge in [-0.15, -0.1) is 0 Å². The van der Waals surface area contributed by atoms with E-state index in [1.165, 1.54) is 12.8 Å². The fourth-order valence-corrected chi connectivity index (χ4v) is 2.06. The van der Waals surface area contributed by atoms with E-state index in [0.29, 0.717) is 5.39 Å². The lowest BCUT2D eigenvalue weighted by atomic mass is 10.1. The molecule has 1 fully saturated rings. The molecule has 1 aliphatic carbocycles. The van der Waals surface area contributed by atoms with Crippen LogP contribution in [0.4, 0.5) is 11.4 Å². The van der Waals surface area contributed by atoms with Crippen LogP contribution in [-0.2, 0) is 0 Å². The largest absolute Gasteiger partial charge is 0.384 e. The second kappa shape index (κ2) is 4.25. The van der Waals surface area contributed by atoms with Crippen molar-refractivity contribution in [2.75, 3.05) is 11.9 Å². The third-order valence-electron chi connectivity index (χ3n) is 3.27. The van der Waals surface area contributed by atoms with Crippen LogP contribution < -0.4 is 5.32 Å². The van der Waals surface area contributed by atoms with E-state index in [0.717, 1.165) is 23.5 Å². The Morgan fingerprint density at radius 1 is 1.33 bits per heavy atom. The average Bonchev–Trinajstić information content (AvgIpc) is 3.19. The summed E-state index contributed by atoms with van der Waals surface area (Å²) >= 11 is 0. The number of benzene rings is 1. The topological polar surface area (TPSA) is 68.1 Å². The maximum Gasteiger partial charge on any atom is 0.278 e. The van der Waals surface area contributed by atoms with E-state index in [9.17, 15) is 10.1 Å². The molecule has 0 atom stereocenters. The first-order valence-electron chi connectivity index (χ1n) is 6.00. The van der Waals surface area contributed by atoms with Gasteiger partial charge in [0.05, 0.1) is 10.3 Å². The van der Waals surface area contributed by atoms with Crippen LogP contribution in [0.5, 0.6) is 0 Å². The molecule has 1 saturated carbocycles. The summed E-state index contributed by atoms with van der Waals surface area (Å²) in [5.41, 5.74) is 1.06. The summed E-state index contributed by atoms with van der Waals surface area (Å²) in [5, 5.41) is 15.8. The minimum atomic E-state index is -0.366. The second-order valence-corrected chi connectivity index (χ2v) is 4.63. The van der Waals surface area contributed by atoms with Gasteiger partial charge in [0.15, 0.2) is 0 Å². The van der Waals surface area contributed by atoms with Gasteiger partial charge >= 0.3 is 0 Å². The summed E-state index contributed by atoms with van der Waals surface area (Å²) < 4.78 is 0. The van der Waals surface area contributed by atoms with Gasteiger partial charge in [-0.1, -0.05) is 0 Å². The zero-order chi connectivity index (χ0) is 12.5. The zero-order valence-corrected chi connectivity index (χ0v) is 9.80. The van der Waals surface area contributed by atoms with Gasteiger partial charge in [-0.25, -0.2) is 0 Å². The van der Waals surface area contributed by atoms with Crippen LogP contribution in [0, 0.1) is 16.0 Å². The van der Waals surface area contributed by atoms with Crippen molar-refractivity contribution < 1.29 is 4.92 Å². The number of aromatic nitrogens is 1. The molecule has 18 heavy (non-hydrogen) atoms. The molecular weight excluding hydrogens is 230 g/mol. The number of nitro groups is 1. The lowest BCUT2D eigenvalue weighted by Crippen LogP contribution is -2.04. The molecule has 0 amide bonds. The molecule has 1 heterocycles. The summed E-state index contributed by atoms with van der Waals surface area (Å²) in [6.07, 6.45) is 5.77. The van der Waals surface area contributed by atoms with E-state index in [-0.39, 0.29) is 10.6 Å². The third kappa shape index (κ3) is 1.99. The number of pyridine rings is 1. The van der Waals surface area contributed by atoms with Crippen molar-refractivity contribution in [3.05, 3.63) is 40.7 Å². The van der Waals surface area contributed by atoms with Crippen LogP contribution in [0.2, 0.25) is 0 Å². The lowest BCUT2D eigenvalue weighted by Gasteiger charge is -2.09. The van der Waals surface area contributed by atoms with Crippen LogP contribution in [0.15, 0.2) is 30.6 Å². The number of nitrogens with one attached hydrogen (secondary N) is 1. The van der Waals surface area contributed by atoms with E-state index < -0.39 is 0 Å². The Hall–Kier alpha value is -2.17. The second-order valence-electron chi connectivity index (χ2n) is 4.63. The SMILES string of the molecule is O=[N+]([O-])c1ccc(NCC2CC2)c2ccncc12. The first kappa shape index (κ1) is 11.0. The quantitative estimate of drug-likeness (QED) is 0.662. The summed E-state index contributed by atoms with van der Waals surface area (Å²) in [5.74, 6) is 0.761. The predicted octanol–water partition coefficient (Wildman–Crippen LogP) is 2.96. The Morgan fingerprint density at radius 2 is 2.17 bits per heavy atom. The molecule has 0 aliphatic heterocycles. The first-order chi connectivity index (χ1) is 8.75. The Balaban J connectivity index is 2.04. The van der Waals surface area contributed by atoms with Crippen molar-refractivity contribution >= 4 is 22.1 Å². The summed E-state index contributed by atoms with van der Waals surface area (Å²) in [4.78, 5) is 14.6. The Labute approximate surface area is 104 Å². The highest BCUT2D eigenvalue weighted by Crippen LogP contribution is 2.33. The highest BCUT2D eigenvalue weighted by Gasteiger charge is 2.21. The molecule has 1 aliphatic rings. The zero-order valence-electron chi connectivity index (χ0n) is 9.80. The Kier molecular flexibility index (Phi) is 2.59. The molecule has 2 aromatic rings. The maximum absolute atomic E-state index is 11.0. The molecule has 3 rings (SSSR count). The minimum Gasteiger partial charge on any atom is -0.384 e. The van der Waals surface area contributed by atoms with Crippen molar-refractivity contribution in [3.8, 4) is 0 Å². The van der Waals surface area contributed by atoms with Crippen LogP contribution in [0.3, 0.4) is 0 Å². The molecule has 0 radical (unpaired) electrons. The van der Waals surface area contributed by atoms with Gasteiger partial charge in [0.25, 0.3) is 5.69 Å². The molecule has 92 valence electrons. The normalized spacial score (nSPS) is 14.7. The van der Waals surface area contributed by atoms with E-state index in [1.807, 2.05) is 6.07 Å².